The zero-order valence-corrected chi connectivity index (χ0v) is 10.0. The summed E-state index contributed by atoms with van der Waals surface area (Å²) in [6.45, 7) is 6.88. The van der Waals surface area contributed by atoms with E-state index in [-0.39, 0.29) is 0 Å². The summed E-state index contributed by atoms with van der Waals surface area (Å²) in [5.41, 5.74) is 5.62. The lowest BCUT2D eigenvalue weighted by atomic mass is 9.96. The second-order valence-corrected chi connectivity index (χ2v) is 4.78. The topological polar surface area (TPSA) is 46.3 Å². The van der Waals surface area contributed by atoms with Gasteiger partial charge in [-0.1, -0.05) is 20.3 Å². The first kappa shape index (κ1) is 12.5. The molecule has 1 amide bonds. The second kappa shape index (κ2) is 6.11. The molecule has 0 spiro atoms. The van der Waals surface area contributed by atoms with E-state index in [1.54, 1.807) is 0 Å². The van der Waals surface area contributed by atoms with Crippen LogP contribution in [0.1, 0.15) is 39.5 Å². The number of nitrogens with two attached hydrogens (primary N) is 1. The molecule has 1 atom stereocenters. The first-order valence-corrected chi connectivity index (χ1v) is 6.15. The average molecular weight is 212 g/mol. The molecule has 1 heterocycles. The lowest BCUT2D eigenvalue weighted by molar-refractivity contribution is -0.133. The van der Waals surface area contributed by atoms with Gasteiger partial charge >= 0.3 is 0 Å². The Morgan fingerprint density at radius 1 is 1.47 bits per heavy atom. The number of hydrogen-bond acceptors (Lipinski definition) is 2. The van der Waals surface area contributed by atoms with Crippen molar-refractivity contribution in [2.75, 3.05) is 19.6 Å². The summed E-state index contributed by atoms with van der Waals surface area (Å²) in [6, 6.07) is 0. The molecule has 1 fully saturated rings. The van der Waals surface area contributed by atoms with Gasteiger partial charge in [-0.25, -0.2) is 0 Å². The van der Waals surface area contributed by atoms with Crippen molar-refractivity contribution in [2.24, 2.45) is 17.6 Å². The predicted octanol–water partition coefficient (Wildman–Crippen LogP) is 1.62. The molecule has 3 heteroatoms. The Balaban J connectivity index is 2.30. The fourth-order valence-corrected chi connectivity index (χ4v) is 1.99. The lowest BCUT2D eigenvalue weighted by Crippen LogP contribution is -2.40. The normalized spacial score (nSPS) is 20.3. The molecule has 1 aliphatic heterocycles. The van der Waals surface area contributed by atoms with Crippen LogP contribution in [0.5, 0.6) is 0 Å². The fourth-order valence-electron chi connectivity index (χ4n) is 1.99. The van der Waals surface area contributed by atoms with Crippen LogP contribution in [-0.2, 0) is 4.79 Å². The Morgan fingerprint density at radius 2 is 2.07 bits per heavy atom. The van der Waals surface area contributed by atoms with Crippen molar-refractivity contribution >= 4 is 5.91 Å². The number of hydrogen-bond donors (Lipinski definition) is 1. The van der Waals surface area contributed by atoms with Crippen LogP contribution in [0.2, 0.25) is 0 Å². The SMILES string of the molecule is CC[C@@H](C)CC(=O)N1CCC(CN)CC1. The minimum atomic E-state index is 0.333. The van der Waals surface area contributed by atoms with Gasteiger partial charge in [0.15, 0.2) is 0 Å². The van der Waals surface area contributed by atoms with E-state index in [0.29, 0.717) is 24.2 Å². The smallest absolute Gasteiger partial charge is 0.222 e. The van der Waals surface area contributed by atoms with Gasteiger partial charge in [-0.05, 0) is 31.2 Å². The Hall–Kier alpha value is -0.570. The van der Waals surface area contributed by atoms with E-state index in [2.05, 4.69) is 13.8 Å². The molecule has 15 heavy (non-hydrogen) atoms. The van der Waals surface area contributed by atoms with Gasteiger partial charge < -0.3 is 10.6 Å². The van der Waals surface area contributed by atoms with Crippen LogP contribution in [0.25, 0.3) is 0 Å². The van der Waals surface area contributed by atoms with Gasteiger partial charge in [-0.3, -0.25) is 4.79 Å². The molecule has 0 radical (unpaired) electrons. The lowest BCUT2D eigenvalue weighted by Gasteiger charge is -2.32. The van der Waals surface area contributed by atoms with E-state index in [1.165, 1.54) is 0 Å². The molecule has 0 aromatic heterocycles. The van der Waals surface area contributed by atoms with Gasteiger partial charge in [0, 0.05) is 19.5 Å². The van der Waals surface area contributed by atoms with Crippen LogP contribution in [-0.4, -0.2) is 30.4 Å². The molecule has 0 aromatic rings. The van der Waals surface area contributed by atoms with E-state index in [9.17, 15) is 4.79 Å². The number of nitrogens with zero attached hydrogens (tertiary/aromatic N) is 1. The molecule has 0 aliphatic carbocycles. The van der Waals surface area contributed by atoms with Crippen molar-refractivity contribution in [1.82, 2.24) is 4.90 Å². The number of piperidine rings is 1. The molecular formula is C12H24N2O. The highest BCUT2D eigenvalue weighted by Crippen LogP contribution is 2.18. The summed E-state index contributed by atoms with van der Waals surface area (Å²) in [5, 5.41) is 0. The van der Waals surface area contributed by atoms with Crippen LogP contribution < -0.4 is 5.73 Å². The van der Waals surface area contributed by atoms with Crippen molar-refractivity contribution in [3.05, 3.63) is 0 Å². The van der Waals surface area contributed by atoms with Crippen molar-refractivity contribution in [3.8, 4) is 0 Å². The minimum absolute atomic E-state index is 0.333. The summed E-state index contributed by atoms with van der Waals surface area (Å²) < 4.78 is 0. The Kier molecular flexibility index (Phi) is 5.09. The van der Waals surface area contributed by atoms with Crippen LogP contribution in [0.15, 0.2) is 0 Å². The third kappa shape index (κ3) is 3.82. The molecule has 1 rings (SSSR count). The van der Waals surface area contributed by atoms with E-state index in [1.807, 2.05) is 4.90 Å². The third-order valence-electron chi connectivity index (χ3n) is 3.52. The van der Waals surface area contributed by atoms with Crippen molar-refractivity contribution in [3.63, 3.8) is 0 Å². The van der Waals surface area contributed by atoms with E-state index < -0.39 is 0 Å². The van der Waals surface area contributed by atoms with E-state index in [0.717, 1.165) is 38.9 Å². The summed E-state index contributed by atoms with van der Waals surface area (Å²) in [5.74, 6) is 1.49. The molecule has 0 unspecified atom stereocenters. The summed E-state index contributed by atoms with van der Waals surface area (Å²) in [6.07, 6.45) is 3.97. The molecule has 0 saturated carbocycles. The highest BCUT2D eigenvalue weighted by Gasteiger charge is 2.22. The Labute approximate surface area is 93.0 Å². The Morgan fingerprint density at radius 3 is 2.53 bits per heavy atom. The molecule has 88 valence electrons. The van der Waals surface area contributed by atoms with Crippen molar-refractivity contribution in [2.45, 2.75) is 39.5 Å². The second-order valence-electron chi connectivity index (χ2n) is 4.78. The maximum absolute atomic E-state index is 11.9. The van der Waals surface area contributed by atoms with Crippen LogP contribution >= 0.6 is 0 Å². The number of carbonyl (C=O) groups is 1. The predicted molar refractivity (Wildman–Crippen MR) is 62.4 cm³/mol. The fraction of sp³-hybridized carbons (Fsp3) is 0.917. The van der Waals surface area contributed by atoms with Gasteiger partial charge in [-0.15, -0.1) is 0 Å². The van der Waals surface area contributed by atoms with E-state index in [4.69, 9.17) is 5.73 Å². The number of amides is 1. The summed E-state index contributed by atoms with van der Waals surface area (Å²) in [7, 11) is 0. The number of carbonyl (C=O) groups excluding carboxylic acids is 1. The van der Waals surface area contributed by atoms with Gasteiger partial charge in [0.2, 0.25) is 5.91 Å². The van der Waals surface area contributed by atoms with Gasteiger partial charge in [-0.2, -0.15) is 0 Å². The molecule has 0 aromatic carbocycles. The number of rotatable bonds is 4. The third-order valence-corrected chi connectivity index (χ3v) is 3.52. The maximum Gasteiger partial charge on any atom is 0.222 e. The molecule has 1 saturated heterocycles. The van der Waals surface area contributed by atoms with Gasteiger partial charge in [0.25, 0.3) is 0 Å². The quantitative estimate of drug-likeness (QED) is 0.769. The average Bonchev–Trinajstić information content (AvgIpc) is 2.29. The Bertz CT molecular complexity index is 198. The molecular weight excluding hydrogens is 188 g/mol. The largest absolute Gasteiger partial charge is 0.343 e. The highest BCUT2D eigenvalue weighted by molar-refractivity contribution is 5.76. The standard InChI is InChI=1S/C12H24N2O/c1-3-10(2)8-12(15)14-6-4-11(9-13)5-7-14/h10-11H,3-9,13H2,1-2H3/t10-/m1/s1. The minimum Gasteiger partial charge on any atom is -0.343 e. The molecule has 2 N–H and O–H groups in total. The monoisotopic (exact) mass is 212 g/mol. The van der Waals surface area contributed by atoms with Crippen molar-refractivity contribution < 1.29 is 4.79 Å². The summed E-state index contributed by atoms with van der Waals surface area (Å²) in [4.78, 5) is 13.9. The molecule has 1 aliphatic rings. The van der Waals surface area contributed by atoms with Crippen LogP contribution in [0.4, 0.5) is 0 Å². The zero-order valence-electron chi connectivity index (χ0n) is 10.0. The van der Waals surface area contributed by atoms with E-state index >= 15 is 0 Å². The molecule has 0 bridgehead atoms. The van der Waals surface area contributed by atoms with Gasteiger partial charge in [0.1, 0.15) is 0 Å². The maximum atomic E-state index is 11.9. The van der Waals surface area contributed by atoms with Crippen molar-refractivity contribution in [1.29, 1.82) is 0 Å². The zero-order chi connectivity index (χ0) is 11.3. The highest BCUT2D eigenvalue weighted by atomic mass is 16.2. The number of likely N-dealkylation sites (tertiary alicyclic amines) is 1. The van der Waals surface area contributed by atoms with Crippen LogP contribution in [0, 0.1) is 11.8 Å². The first-order chi connectivity index (χ1) is 7.17. The van der Waals surface area contributed by atoms with Crippen LogP contribution in [0.3, 0.4) is 0 Å². The van der Waals surface area contributed by atoms with Gasteiger partial charge in [0.05, 0.1) is 0 Å². The molecule has 3 nitrogen and oxygen atoms in total. The first-order valence-electron chi connectivity index (χ1n) is 6.15. The summed E-state index contributed by atoms with van der Waals surface area (Å²) >= 11 is 0.